The molecule has 29 heavy (non-hydrogen) atoms. The van der Waals surface area contributed by atoms with Gasteiger partial charge in [0, 0.05) is 42.0 Å². The molecular formula is C22H20ClFN2O3. The average molecular weight is 415 g/mol. The molecule has 1 amide bonds. The minimum Gasteiger partial charge on any atom is -0.481 e. The minimum atomic E-state index is -0.603. The lowest BCUT2D eigenvalue weighted by atomic mass is 10.0. The van der Waals surface area contributed by atoms with Crippen LogP contribution in [0, 0.1) is 5.82 Å². The molecule has 150 valence electrons. The van der Waals surface area contributed by atoms with Crippen LogP contribution in [0.2, 0.25) is 5.02 Å². The molecule has 0 unspecified atom stereocenters. The predicted molar refractivity (Wildman–Crippen MR) is 110 cm³/mol. The van der Waals surface area contributed by atoms with E-state index in [1.54, 1.807) is 30.3 Å². The van der Waals surface area contributed by atoms with Crippen molar-refractivity contribution in [2.45, 2.75) is 13.0 Å². The summed E-state index contributed by atoms with van der Waals surface area (Å²) in [4.78, 5) is 18.6. The Bertz CT molecular complexity index is 1050. The van der Waals surface area contributed by atoms with Crippen molar-refractivity contribution in [1.29, 1.82) is 0 Å². The molecular weight excluding hydrogens is 395 g/mol. The number of rotatable bonds is 4. The van der Waals surface area contributed by atoms with E-state index >= 15 is 0 Å². The number of halogens is 2. The lowest BCUT2D eigenvalue weighted by molar-refractivity contribution is -0.142. The van der Waals surface area contributed by atoms with E-state index in [4.69, 9.17) is 21.1 Å². The Morgan fingerprint density at radius 3 is 2.72 bits per heavy atom. The lowest BCUT2D eigenvalue weighted by Gasteiger charge is -2.29. The zero-order valence-electron chi connectivity index (χ0n) is 15.9. The summed E-state index contributed by atoms with van der Waals surface area (Å²) in [6, 6.07) is 9.84. The fraction of sp³-hybridized carbons (Fsp3) is 0.273. The third-order valence-electron chi connectivity index (χ3n) is 4.94. The van der Waals surface area contributed by atoms with Gasteiger partial charge < -0.3 is 14.4 Å². The van der Waals surface area contributed by atoms with Crippen molar-refractivity contribution in [2.75, 3.05) is 26.3 Å². The number of benzene rings is 2. The largest absolute Gasteiger partial charge is 0.481 e. The molecule has 1 aromatic heterocycles. The second-order valence-electron chi connectivity index (χ2n) is 6.89. The summed E-state index contributed by atoms with van der Waals surface area (Å²) in [5.74, 6) is 0.135. The van der Waals surface area contributed by atoms with Crippen LogP contribution >= 0.6 is 11.6 Å². The van der Waals surface area contributed by atoms with E-state index in [0.29, 0.717) is 42.6 Å². The molecule has 1 aliphatic heterocycles. The third-order valence-corrected chi connectivity index (χ3v) is 5.25. The fourth-order valence-corrected chi connectivity index (χ4v) is 3.71. The number of nitrogens with zero attached hydrogens (tertiary/aromatic N) is 2. The number of amides is 1. The van der Waals surface area contributed by atoms with Crippen LogP contribution in [0.4, 0.5) is 4.39 Å². The molecule has 1 aliphatic rings. The van der Waals surface area contributed by atoms with Gasteiger partial charge in [-0.3, -0.25) is 9.78 Å². The van der Waals surface area contributed by atoms with Gasteiger partial charge in [0.1, 0.15) is 11.6 Å². The number of ether oxygens (including phenoxy) is 2. The first-order valence-electron chi connectivity index (χ1n) is 9.39. The standard InChI is InChI=1S/C22H20ClFN2O3/c1-14(22(27)26-6-8-28-9-7-26)29-17-3-5-18-15(10-17)12-25-13-20(18)19-4-2-16(24)11-21(19)23/h2-5,10-14H,6-9H2,1H3/t14-/m1/s1. The topological polar surface area (TPSA) is 51.7 Å². The Morgan fingerprint density at radius 1 is 1.17 bits per heavy atom. The Kier molecular flexibility index (Phi) is 5.65. The molecule has 5 nitrogen and oxygen atoms in total. The first-order valence-corrected chi connectivity index (χ1v) is 9.77. The van der Waals surface area contributed by atoms with Crippen molar-refractivity contribution in [3.05, 3.63) is 59.6 Å². The minimum absolute atomic E-state index is 0.0571. The van der Waals surface area contributed by atoms with Crippen molar-refractivity contribution in [3.63, 3.8) is 0 Å². The number of carbonyl (C=O) groups is 1. The first kappa shape index (κ1) is 19.6. The van der Waals surface area contributed by atoms with E-state index in [1.165, 1.54) is 12.1 Å². The zero-order valence-corrected chi connectivity index (χ0v) is 16.7. The highest BCUT2D eigenvalue weighted by molar-refractivity contribution is 6.33. The molecule has 2 heterocycles. The van der Waals surface area contributed by atoms with Gasteiger partial charge in [-0.05, 0) is 48.7 Å². The Balaban J connectivity index is 1.59. The highest BCUT2D eigenvalue weighted by Crippen LogP contribution is 2.34. The Hall–Kier alpha value is -2.70. The highest BCUT2D eigenvalue weighted by atomic mass is 35.5. The molecule has 0 aliphatic carbocycles. The number of pyridine rings is 1. The number of carbonyl (C=O) groups excluding carboxylic acids is 1. The number of hydrogen-bond acceptors (Lipinski definition) is 4. The van der Waals surface area contributed by atoms with Crippen molar-refractivity contribution < 1.29 is 18.7 Å². The van der Waals surface area contributed by atoms with Gasteiger partial charge in [0.15, 0.2) is 6.10 Å². The molecule has 4 rings (SSSR count). The van der Waals surface area contributed by atoms with Gasteiger partial charge in [-0.25, -0.2) is 4.39 Å². The van der Waals surface area contributed by atoms with Gasteiger partial charge in [-0.15, -0.1) is 0 Å². The van der Waals surface area contributed by atoms with Crippen LogP contribution in [0.25, 0.3) is 21.9 Å². The SMILES string of the molecule is C[C@@H](Oc1ccc2c(-c3ccc(F)cc3Cl)cncc2c1)C(=O)N1CCOCC1. The number of morpholine rings is 1. The van der Waals surface area contributed by atoms with Crippen molar-refractivity contribution in [3.8, 4) is 16.9 Å². The second-order valence-corrected chi connectivity index (χ2v) is 7.30. The summed E-state index contributed by atoms with van der Waals surface area (Å²) in [5.41, 5.74) is 1.51. The van der Waals surface area contributed by atoms with Crippen molar-refractivity contribution in [1.82, 2.24) is 9.88 Å². The molecule has 0 N–H and O–H groups in total. The molecule has 7 heteroatoms. The molecule has 0 spiro atoms. The fourth-order valence-electron chi connectivity index (χ4n) is 3.45. The molecule has 0 bridgehead atoms. The van der Waals surface area contributed by atoms with Crippen LogP contribution in [-0.4, -0.2) is 48.2 Å². The van der Waals surface area contributed by atoms with Crippen molar-refractivity contribution in [2.24, 2.45) is 0 Å². The normalized spacial score (nSPS) is 15.3. The highest BCUT2D eigenvalue weighted by Gasteiger charge is 2.24. The maximum atomic E-state index is 13.4. The average Bonchev–Trinajstić information content (AvgIpc) is 2.73. The van der Waals surface area contributed by atoms with Gasteiger partial charge in [-0.1, -0.05) is 11.6 Å². The van der Waals surface area contributed by atoms with Crippen LogP contribution < -0.4 is 4.74 Å². The van der Waals surface area contributed by atoms with E-state index in [0.717, 1.165) is 16.3 Å². The summed E-state index contributed by atoms with van der Waals surface area (Å²) in [7, 11) is 0. The summed E-state index contributed by atoms with van der Waals surface area (Å²) >= 11 is 6.23. The Morgan fingerprint density at radius 2 is 1.97 bits per heavy atom. The van der Waals surface area contributed by atoms with Gasteiger partial charge >= 0.3 is 0 Å². The zero-order chi connectivity index (χ0) is 20.4. The molecule has 1 atom stereocenters. The summed E-state index contributed by atoms with van der Waals surface area (Å²) in [6.07, 6.45) is 2.82. The quantitative estimate of drug-likeness (QED) is 0.638. The third kappa shape index (κ3) is 4.18. The maximum Gasteiger partial charge on any atom is 0.263 e. The molecule has 0 saturated carbocycles. The molecule has 3 aromatic rings. The first-order chi connectivity index (χ1) is 14.0. The van der Waals surface area contributed by atoms with E-state index in [-0.39, 0.29) is 11.7 Å². The van der Waals surface area contributed by atoms with Crippen LogP contribution in [-0.2, 0) is 9.53 Å². The monoisotopic (exact) mass is 414 g/mol. The van der Waals surface area contributed by atoms with E-state index in [9.17, 15) is 9.18 Å². The second kappa shape index (κ2) is 8.35. The Labute approximate surface area is 173 Å². The smallest absolute Gasteiger partial charge is 0.263 e. The van der Waals surface area contributed by atoms with E-state index < -0.39 is 6.10 Å². The number of fused-ring (bicyclic) bond motifs is 1. The van der Waals surface area contributed by atoms with Gasteiger partial charge in [0.05, 0.1) is 18.2 Å². The predicted octanol–water partition coefficient (Wildman–Crippen LogP) is 4.32. The number of aromatic nitrogens is 1. The molecule has 2 aromatic carbocycles. The summed E-state index contributed by atoms with van der Waals surface area (Å²) < 4.78 is 24.6. The number of hydrogen-bond donors (Lipinski definition) is 0. The summed E-state index contributed by atoms with van der Waals surface area (Å²) in [6.45, 7) is 4.00. The van der Waals surface area contributed by atoms with E-state index in [2.05, 4.69) is 4.98 Å². The molecule has 1 saturated heterocycles. The summed E-state index contributed by atoms with van der Waals surface area (Å²) in [5, 5.41) is 2.07. The van der Waals surface area contributed by atoms with E-state index in [1.807, 2.05) is 18.2 Å². The maximum absolute atomic E-state index is 13.4. The van der Waals surface area contributed by atoms with Gasteiger partial charge in [0.2, 0.25) is 0 Å². The van der Waals surface area contributed by atoms with Crippen LogP contribution in [0.15, 0.2) is 48.8 Å². The van der Waals surface area contributed by atoms with Gasteiger partial charge in [-0.2, -0.15) is 0 Å². The van der Waals surface area contributed by atoms with Crippen molar-refractivity contribution >= 4 is 28.3 Å². The van der Waals surface area contributed by atoms with Crippen LogP contribution in [0.5, 0.6) is 5.75 Å². The molecule has 0 radical (unpaired) electrons. The molecule has 1 fully saturated rings. The van der Waals surface area contributed by atoms with Gasteiger partial charge in [0.25, 0.3) is 5.91 Å². The van der Waals surface area contributed by atoms with Crippen LogP contribution in [0.3, 0.4) is 0 Å². The lowest BCUT2D eigenvalue weighted by Crippen LogP contribution is -2.46. The van der Waals surface area contributed by atoms with Crippen LogP contribution in [0.1, 0.15) is 6.92 Å².